The number of halogens is 2. The lowest BCUT2D eigenvalue weighted by atomic mass is 10.2. The molecule has 1 aliphatic rings. The summed E-state index contributed by atoms with van der Waals surface area (Å²) in [5, 5.41) is 3.54. The van der Waals surface area contributed by atoms with Gasteiger partial charge in [0.15, 0.2) is 0 Å². The fourth-order valence-corrected chi connectivity index (χ4v) is 4.63. The number of carbonyl (C=O) groups is 2. The number of pyridine rings is 2. The Hall–Kier alpha value is -3.98. The number of amides is 2. The highest BCUT2D eigenvalue weighted by molar-refractivity contribution is 6.35. The van der Waals surface area contributed by atoms with Crippen molar-refractivity contribution in [2.45, 2.75) is 25.7 Å². The second-order valence-electron chi connectivity index (χ2n) is 8.90. The molecule has 1 N–H and O–H groups in total. The Morgan fingerprint density at radius 1 is 0.974 bits per heavy atom. The van der Waals surface area contributed by atoms with Crippen molar-refractivity contribution < 1.29 is 19.1 Å². The molecule has 8 nitrogen and oxygen atoms in total. The first kappa shape index (κ1) is 26.6. The molecule has 1 atom stereocenters. The highest BCUT2D eigenvalue weighted by atomic mass is 35.5. The van der Waals surface area contributed by atoms with E-state index in [1.807, 2.05) is 36.4 Å². The van der Waals surface area contributed by atoms with Crippen LogP contribution in [0.1, 0.15) is 27.0 Å². The van der Waals surface area contributed by atoms with Crippen LogP contribution in [0.15, 0.2) is 85.3 Å². The van der Waals surface area contributed by atoms with Crippen molar-refractivity contribution >= 4 is 35.0 Å². The van der Waals surface area contributed by atoms with E-state index in [0.29, 0.717) is 24.7 Å². The van der Waals surface area contributed by atoms with Gasteiger partial charge in [0, 0.05) is 36.7 Å². The van der Waals surface area contributed by atoms with Crippen LogP contribution in [0, 0.1) is 0 Å². The molecule has 3 heterocycles. The predicted octanol–water partition coefficient (Wildman–Crippen LogP) is 5.43. The van der Waals surface area contributed by atoms with E-state index in [1.165, 1.54) is 12.3 Å². The molecule has 0 fully saturated rings. The van der Waals surface area contributed by atoms with Crippen LogP contribution in [0.25, 0.3) is 0 Å². The van der Waals surface area contributed by atoms with Crippen LogP contribution in [0.4, 0.5) is 0 Å². The van der Waals surface area contributed by atoms with Gasteiger partial charge in [-0.3, -0.25) is 14.6 Å². The Morgan fingerprint density at radius 3 is 2.59 bits per heavy atom. The van der Waals surface area contributed by atoms with Crippen LogP contribution in [0.5, 0.6) is 11.6 Å². The fourth-order valence-electron chi connectivity index (χ4n) is 4.18. The highest BCUT2D eigenvalue weighted by Gasteiger charge is 2.31. The molecule has 4 aromatic rings. The summed E-state index contributed by atoms with van der Waals surface area (Å²) in [4.78, 5) is 37.1. The number of rotatable bonds is 9. The van der Waals surface area contributed by atoms with Crippen molar-refractivity contribution in [1.82, 2.24) is 20.2 Å². The molecule has 2 aromatic carbocycles. The summed E-state index contributed by atoms with van der Waals surface area (Å²) in [6.45, 7) is 1.10. The first-order valence-corrected chi connectivity index (χ1v) is 12.9. The Kier molecular flexibility index (Phi) is 8.36. The second-order valence-corrected chi connectivity index (χ2v) is 9.74. The first-order chi connectivity index (χ1) is 19.0. The zero-order valence-corrected chi connectivity index (χ0v) is 22.2. The van der Waals surface area contributed by atoms with Gasteiger partial charge in [-0.25, -0.2) is 4.98 Å². The number of carbonyl (C=O) groups excluding carboxylic acids is 2. The topological polar surface area (TPSA) is 93.7 Å². The van der Waals surface area contributed by atoms with Gasteiger partial charge in [0.2, 0.25) is 11.8 Å². The normalized spacial score (nSPS) is 13.0. The van der Waals surface area contributed by atoms with Crippen molar-refractivity contribution in [3.63, 3.8) is 0 Å². The van der Waals surface area contributed by atoms with Crippen molar-refractivity contribution in [2.75, 3.05) is 6.61 Å². The number of nitrogens with one attached hydrogen (secondary N) is 1. The Bertz CT molecular complexity index is 1460. The maximum absolute atomic E-state index is 13.6. The molecule has 5 rings (SSSR count). The van der Waals surface area contributed by atoms with Gasteiger partial charge in [-0.15, -0.1) is 0 Å². The summed E-state index contributed by atoms with van der Waals surface area (Å²) in [5.74, 6) is -0.478. The van der Waals surface area contributed by atoms with E-state index < -0.39 is 11.9 Å². The molecular formula is C29H24Cl2N4O4. The first-order valence-electron chi connectivity index (χ1n) is 12.2. The van der Waals surface area contributed by atoms with Crippen LogP contribution in [-0.4, -0.2) is 39.3 Å². The summed E-state index contributed by atoms with van der Waals surface area (Å²) in [5.41, 5.74) is 3.09. The molecule has 0 spiro atoms. The quantitative estimate of drug-likeness (QED) is 0.292. The van der Waals surface area contributed by atoms with E-state index in [2.05, 4.69) is 15.3 Å². The molecule has 0 aliphatic carbocycles. The minimum atomic E-state index is -0.948. The SMILES string of the molecule is O=C(NC(COCc1ccccc1)C(=O)N1Cc2ccncc2C1)c1cccnc1Oc1ccc(Cl)cc1Cl. The van der Waals surface area contributed by atoms with Crippen LogP contribution in [0.2, 0.25) is 10.0 Å². The summed E-state index contributed by atoms with van der Waals surface area (Å²) in [6, 6.07) is 18.5. The van der Waals surface area contributed by atoms with E-state index in [9.17, 15) is 9.59 Å². The van der Waals surface area contributed by atoms with Gasteiger partial charge >= 0.3 is 0 Å². The summed E-state index contributed by atoms with van der Waals surface area (Å²) in [7, 11) is 0. The third-order valence-corrected chi connectivity index (χ3v) is 6.68. The lowest BCUT2D eigenvalue weighted by molar-refractivity contribution is -0.135. The Labute approximate surface area is 235 Å². The molecule has 10 heteroatoms. The summed E-state index contributed by atoms with van der Waals surface area (Å²) in [6.07, 6.45) is 4.95. The average molecular weight is 563 g/mol. The number of nitrogens with zero attached hydrogens (tertiary/aromatic N) is 3. The van der Waals surface area contributed by atoms with Gasteiger partial charge in [0.1, 0.15) is 17.4 Å². The molecule has 1 unspecified atom stereocenters. The van der Waals surface area contributed by atoms with E-state index in [-0.39, 0.29) is 34.7 Å². The van der Waals surface area contributed by atoms with Crippen LogP contribution in [-0.2, 0) is 29.2 Å². The zero-order valence-electron chi connectivity index (χ0n) is 20.7. The molecule has 2 aromatic heterocycles. The third kappa shape index (κ3) is 6.54. The van der Waals surface area contributed by atoms with Crippen molar-refractivity contribution in [3.8, 4) is 11.6 Å². The van der Waals surface area contributed by atoms with Gasteiger partial charge in [-0.2, -0.15) is 0 Å². The third-order valence-electron chi connectivity index (χ3n) is 6.15. The molecule has 39 heavy (non-hydrogen) atoms. The molecule has 198 valence electrons. The van der Waals surface area contributed by atoms with Gasteiger partial charge in [-0.1, -0.05) is 53.5 Å². The molecule has 0 radical (unpaired) electrons. The standard InChI is InChI=1S/C29H24Cl2N4O4/c30-22-8-9-26(24(31)13-22)39-28-23(7-4-11-33-28)27(36)34-25(18-38-17-19-5-2-1-3-6-19)29(37)35-15-20-10-12-32-14-21(20)16-35/h1-14,25H,15-18H2,(H,34,36). The van der Waals surface area contributed by atoms with E-state index >= 15 is 0 Å². The number of hydrogen-bond donors (Lipinski definition) is 1. The highest BCUT2D eigenvalue weighted by Crippen LogP contribution is 2.32. The number of ether oxygens (including phenoxy) is 2. The molecule has 0 saturated carbocycles. The van der Waals surface area contributed by atoms with Gasteiger partial charge in [0.05, 0.1) is 18.2 Å². The lowest BCUT2D eigenvalue weighted by Gasteiger charge is -2.24. The smallest absolute Gasteiger partial charge is 0.257 e. The molecule has 0 bridgehead atoms. The van der Waals surface area contributed by atoms with Gasteiger partial charge in [-0.05, 0) is 53.1 Å². The van der Waals surface area contributed by atoms with Crippen LogP contribution >= 0.6 is 23.2 Å². The number of fused-ring (bicyclic) bond motifs is 1. The van der Waals surface area contributed by atoms with Crippen molar-refractivity contribution in [3.05, 3.63) is 118 Å². The number of benzene rings is 2. The monoisotopic (exact) mass is 562 g/mol. The van der Waals surface area contributed by atoms with Crippen molar-refractivity contribution in [2.24, 2.45) is 0 Å². The second kappa shape index (κ2) is 12.3. The van der Waals surface area contributed by atoms with Gasteiger partial charge in [0.25, 0.3) is 5.91 Å². The van der Waals surface area contributed by atoms with Crippen molar-refractivity contribution in [1.29, 1.82) is 0 Å². The number of aromatic nitrogens is 2. The Balaban J connectivity index is 1.34. The van der Waals surface area contributed by atoms with Gasteiger partial charge < -0.3 is 19.7 Å². The van der Waals surface area contributed by atoms with E-state index in [1.54, 1.807) is 41.6 Å². The minimum absolute atomic E-state index is 0.0238. The predicted molar refractivity (Wildman–Crippen MR) is 147 cm³/mol. The maximum atomic E-state index is 13.6. The Morgan fingerprint density at radius 2 is 1.79 bits per heavy atom. The van der Waals surface area contributed by atoms with E-state index in [4.69, 9.17) is 32.7 Å². The molecule has 0 saturated heterocycles. The minimum Gasteiger partial charge on any atom is -0.437 e. The number of hydrogen-bond acceptors (Lipinski definition) is 6. The summed E-state index contributed by atoms with van der Waals surface area (Å²) >= 11 is 12.2. The molecular weight excluding hydrogens is 539 g/mol. The largest absolute Gasteiger partial charge is 0.437 e. The molecule has 2 amide bonds. The molecule has 1 aliphatic heterocycles. The average Bonchev–Trinajstić information content (AvgIpc) is 3.39. The van der Waals surface area contributed by atoms with Crippen LogP contribution in [0.3, 0.4) is 0 Å². The fraction of sp³-hybridized carbons (Fsp3) is 0.172. The lowest BCUT2D eigenvalue weighted by Crippen LogP contribution is -2.49. The summed E-state index contributed by atoms with van der Waals surface area (Å²) < 4.78 is 11.7. The zero-order chi connectivity index (χ0) is 27.2. The van der Waals surface area contributed by atoms with E-state index in [0.717, 1.165) is 16.7 Å². The maximum Gasteiger partial charge on any atom is 0.257 e. The van der Waals surface area contributed by atoms with Crippen LogP contribution < -0.4 is 10.1 Å².